The number of aliphatic hydroxyl groups is 2. The van der Waals surface area contributed by atoms with Gasteiger partial charge in [-0.25, -0.2) is 0 Å². The molecule has 0 aliphatic rings. The summed E-state index contributed by atoms with van der Waals surface area (Å²) in [5, 5.41) is 19.6. The van der Waals surface area contributed by atoms with Crippen LogP contribution >= 0.6 is 0 Å². The normalized spacial score (nSPS) is 13.9. The van der Waals surface area contributed by atoms with E-state index < -0.39 is 24.8 Å². The van der Waals surface area contributed by atoms with Crippen LogP contribution in [0, 0.1) is 0 Å². The molecule has 0 saturated carbocycles. The predicted molar refractivity (Wildman–Crippen MR) is 150 cm³/mol. The van der Waals surface area contributed by atoms with Gasteiger partial charge in [-0.05, 0) is 51.4 Å². The molecule has 5 nitrogen and oxygen atoms in total. The highest BCUT2D eigenvalue weighted by atomic mass is 16.6. The van der Waals surface area contributed by atoms with E-state index in [-0.39, 0.29) is 18.6 Å². The Morgan fingerprint density at radius 2 is 1.17 bits per heavy atom. The second kappa shape index (κ2) is 26.1. The van der Waals surface area contributed by atoms with Crippen LogP contribution in [-0.2, 0) is 14.3 Å². The zero-order valence-electron chi connectivity index (χ0n) is 22.9. The standard InChI is InChI=1S/C31H52O5/c1-3-5-7-9-10-11-12-13-14-15-16-17-18-19-20-22-24-26-30(34)36-29(27-32)31(35)28(33)25-23-21-8-6-4-2/h10-11,13-14,16-17,19-20,29,31-32,35H,3-9,12,15,18,21-27H2,1-2H3/b11-10-,14-13-,17-16-,20-19-. The number of carbonyl (C=O) groups excluding carboxylic acids is 2. The molecular formula is C31H52O5. The minimum Gasteiger partial charge on any atom is -0.457 e. The van der Waals surface area contributed by atoms with Crippen molar-refractivity contribution in [2.24, 2.45) is 0 Å². The van der Waals surface area contributed by atoms with E-state index in [9.17, 15) is 19.8 Å². The number of aliphatic hydroxyl groups excluding tert-OH is 2. The fourth-order valence-corrected chi connectivity index (χ4v) is 3.61. The van der Waals surface area contributed by atoms with Gasteiger partial charge in [0, 0.05) is 12.8 Å². The third-order valence-electron chi connectivity index (χ3n) is 5.88. The van der Waals surface area contributed by atoms with Gasteiger partial charge in [0.2, 0.25) is 0 Å². The Hall–Kier alpha value is -1.98. The van der Waals surface area contributed by atoms with Crippen LogP contribution in [0.15, 0.2) is 48.6 Å². The lowest BCUT2D eigenvalue weighted by Gasteiger charge is -2.20. The molecule has 5 heteroatoms. The smallest absolute Gasteiger partial charge is 0.306 e. The van der Waals surface area contributed by atoms with E-state index in [1.807, 2.05) is 6.08 Å². The zero-order valence-corrected chi connectivity index (χ0v) is 22.9. The molecule has 0 fully saturated rings. The van der Waals surface area contributed by atoms with E-state index >= 15 is 0 Å². The molecule has 0 aromatic rings. The van der Waals surface area contributed by atoms with Crippen LogP contribution < -0.4 is 0 Å². The van der Waals surface area contributed by atoms with Gasteiger partial charge in [-0.1, -0.05) is 101 Å². The number of esters is 1. The second-order valence-electron chi connectivity index (χ2n) is 9.27. The van der Waals surface area contributed by atoms with E-state index in [0.717, 1.165) is 51.4 Å². The van der Waals surface area contributed by atoms with E-state index in [0.29, 0.717) is 12.8 Å². The molecule has 206 valence electrons. The van der Waals surface area contributed by atoms with Gasteiger partial charge in [0.15, 0.2) is 18.0 Å². The number of ether oxygens (including phenoxy) is 1. The van der Waals surface area contributed by atoms with Crippen LogP contribution in [0.1, 0.15) is 117 Å². The van der Waals surface area contributed by atoms with E-state index in [2.05, 4.69) is 56.4 Å². The van der Waals surface area contributed by atoms with Crippen molar-refractivity contribution in [3.05, 3.63) is 48.6 Å². The highest BCUT2D eigenvalue weighted by Crippen LogP contribution is 2.11. The number of rotatable bonds is 24. The van der Waals surface area contributed by atoms with Crippen molar-refractivity contribution in [2.45, 2.75) is 129 Å². The maximum Gasteiger partial charge on any atom is 0.306 e. The first-order chi connectivity index (χ1) is 17.6. The number of Topliss-reactive ketones (excluding diaryl/α,β-unsaturated/α-hetero) is 1. The Morgan fingerprint density at radius 3 is 1.72 bits per heavy atom. The highest BCUT2D eigenvalue weighted by Gasteiger charge is 2.28. The van der Waals surface area contributed by atoms with Crippen molar-refractivity contribution >= 4 is 11.8 Å². The molecule has 0 rings (SSSR count). The molecule has 0 radical (unpaired) electrons. The zero-order chi connectivity index (χ0) is 26.7. The lowest BCUT2D eigenvalue weighted by atomic mass is 10.0. The third kappa shape index (κ3) is 21.3. The molecule has 2 atom stereocenters. The third-order valence-corrected chi connectivity index (χ3v) is 5.88. The van der Waals surface area contributed by atoms with Gasteiger partial charge < -0.3 is 14.9 Å². The van der Waals surface area contributed by atoms with Gasteiger partial charge in [-0.15, -0.1) is 0 Å². The molecule has 0 aliphatic heterocycles. The van der Waals surface area contributed by atoms with Crippen LogP contribution in [0.3, 0.4) is 0 Å². The molecule has 36 heavy (non-hydrogen) atoms. The largest absolute Gasteiger partial charge is 0.457 e. The molecular weight excluding hydrogens is 452 g/mol. The first-order valence-electron chi connectivity index (χ1n) is 14.2. The summed E-state index contributed by atoms with van der Waals surface area (Å²) in [4.78, 5) is 24.1. The van der Waals surface area contributed by atoms with Crippen LogP contribution in [0.5, 0.6) is 0 Å². The summed E-state index contributed by atoms with van der Waals surface area (Å²) in [6, 6.07) is 0. The SMILES string of the molecule is CCCCC/C=C\C/C=C\C/C=C\C/C=C\CCCC(=O)OC(CO)C(O)C(=O)CCCCCCC. The molecule has 0 spiro atoms. The Morgan fingerprint density at radius 1 is 0.667 bits per heavy atom. The summed E-state index contributed by atoms with van der Waals surface area (Å²) in [6.07, 6.45) is 29.2. The number of allylic oxidation sites excluding steroid dienone is 8. The molecule has 0 bridgehead atoms. The number of ketones is 1. The summed E-state index contributed by atoms with van der Waals surface area (Å²) in [5.41, 5.74) is 0. The molecule has 0 aliphatic carbocycles. The topological polar surface area (TPSA) is 83.8 Å². The van der Waals surface area contributed by atoms with E-state index in [1.54, 1.807) is 0 Å². The monoisotopic (exact) mass is 504 g/mol. The van der Waals surface area contributed by atoms with Gasteiger partial charge >= 0.3 is 5.97 Å². The first-order valence-corrected chi connectivity index (χ1v) is 14.2. The summed E-state index contributed by atoms with van der Waals surface area (Å²) in [5.74, 6) is -0.876. The summed E-state index contributed by atoms with van der Waals surface area (Å²) in [6.45, 7) is 3.78. The van der Waals surface area contributed by atoms with Gasteiger partial charge in [0.05, 0.1) is 6.61 Å². The van der Waals surface area contributed by atoms with Gasteiger partial charge in [-0.2, -0.15) is 0 Å². The Balaban J connectivity index is 3.90. The number of unbranched alkanes of at least 4 members (excludes halogenated alkanes) is 8. The molecule has 0 aromatic heterocycles. The summed E-state index contributed by atoms with van der Waals surface area (Å²) >= 11 is 0. The lowest BCUT2D eigenvalue weighted by Crippen LogP contribution is -2.40. The fourth-order valence-electron chi connectivity index (χ4n) is 3.61. The van der Waals surface area contributed by atoms with E-state index in [1.165, 1.54) is 25.7 Å². The van der Waals surface area contributed by atoms with Crippen LogP contribution in [-0.4, -0.2) is 40.8 Å². The minimum atomic E-state index is -1.46. The first kappa shape index (κ1) is 34.0. The summed E-state index contributed by atoms with van der Waals surface area (Å²) < 4.78 is 5.15. The quantitative estimate of drug-likeness (QED) is 0.0817. The van der Waals surface area contributed by atoms with Crippen LogP contribution in [0.4, 0.5) is 0 Å². The predicted octanol–water partition coefficient (Wildman–Crippen LogP) is 7.33. The van der Waals surface area contributed by atoms with Crippen molar-refractivity contribution in [3.63, 3.8) is 0 Å². The van der Waals surface area contributed by atoms with Crippen molar-refractivity contribution in [2.75, 3.05) is 6.61 Å². The minimum absolute atomic E-state index is 0.187. The molecule has 2 N–H and O–H groups in total. The Labute approximate surface area is 220 Å². The molecule has 0 aromatic carbocycles. The Bertz CT molecular complexity index is 647. The highest BCUT2D eigenvalue weighted by molar-refractivity contribution is 5.83. The molecule has 2 unspecified atom stereocenters. The fraction of sp³-hybridized carbons (Fsp3) is 0.677. The molecule has 0 heterocycles. The van der Waals surface area contributed by atoms with Crippen molar-refractivity contribution in [1.29, 1.82) is 0 Å². The van der Waals surface area contributed by atoms with Crippen molar-refractivity contribution in [3.8, 4) is 0 Å². The molecule has 0 amide bonds. The maximum atomic E-state index is 12.1. The second-order valence-corrected chi connectivity index (χ2v) is 9.27. The van der Waals surface area contributed by atoms with Crippen molar-refractivity contribution in [1.82, 2.24) is 0 Å². The Kier molecular flexibility index (Phi) is 24.7. The maximum absolute atomic E-state index is 12.1. The van der Waals surface area contributed by atoms with Gasteiger partial charge in [-0.3, -0.25) is 9.59 Å². The van der Waals surface area contributed by atoms with Gasteiger partial charge in [0.25, 0.3) is 0 Å². The lowest BCUT2D eigenvalue weighted by molar-refractivity contribution is -0.161. The average molecular weight is 505 g/mol. The number of carbonyl (C=O) groups is 2. The van der Waals surface area contributed by atoms with E-state index in [4.69, 9.17) is 4.74 Å². The number of hydrogen-bond acceptors (Lipinski definition) is 5. The summed E-state index contributed by atoms with van der Waals surface area (Å²) in [7, 11) is 0. The average Bonchev–Trinajstić information content (AvgIpc) is 2.88. The number of hydrogen-bond donors (Lipinski definition) is 2. The van der Waals surface area contributed by atoms with Crippen LogP contribution in [0.25, 0.3) is 0 Å². The molecule has 0 saturated heterocycles. The van der Waals surface area contributed by atoms with Crippen LogP contribution in [0.2, 0.25) is 0 Å². The van der Waals surface area contributed by atoms with Crippen molar-refractivity contribution < 1.29 is 24.5 Å². The van der Waals surface area contributed by atoms with Gasteiger partial charge in [0.1, 0.15) is 0 Å².